The third-order valence-electron chi connectivity index (χ3n) is 3.87. The molecule has 1 amide bonds. The summed E-state index contributed by atoms with van der Waals surface area (Å²) in [7, 11) is 1.58. The van der Waals surface area contributed by atoms with Crippen LogP contribution in [0.15, 0.2) is 41.1 Å². The summed E-state index contributed by atoms with van der Waals surface area (Å²) in [4.78, 5) is 18.5. The molecule has 0 N–H and O–H groups in total. The number of amides is 1. The van der Waals surface area contributed by atoms with Gasteiger partial charge in [0.2, 0.25) is 0 Å². The van der Waals surface area contributed by atoms with Crippen molar-refractivity contribution in [3.05, 3.63) is 51.7 Å². The lowest BCUT2D eigenvalue weighted by Gasteiger charge is -2.18. The van der Waals surface area contributed by atoms with Crippen molar-refractivity contribution in [2.75, 3.05) is 20.2 Å². The first kappa shape index (κ1) is 17.0. The van der Waals surface area contributed by atoms with Gasteiger partial charge in [0.05, 0.1) is 19.2 Å². The maximum atomic E-state index is 12.7. The van der Waals surface area contributed by atoms with Crippen LogP contribution < -0.4 is 9.47 Å². The zero-order chi connectivity index (χ0) is 17.1. The highest BCUT2D eigenvalue weighted by molar-refractivity contribution is 9.10. The maximum absolute atomic E-state index is 12.7. The molecule has 1 aromatic heterocycles. The summed E-state index contributed by atoms with van der Waals surface area (Å²) in [5, 5.41) is 0.470. The molecule has 0 unspecified atom stereocenters. The standard InChI is InChI=1S/C17H16BrClN2O3/c1-23-11-2-3-14(18)13(8-11)17(22)21-7-5-12(10-21)24-16-4-6-20-9-15(16)19/h2-4,6,8-9,12H,5,7,10H2,1H3/t12-/m0/s1. The molecule has 1 saturated heterocycles. The number of aromatic nitrogens is 1. The molecule has 7 heteroatoms. The smallest absolute Gasteiger partial charge is 0.255 e. The van der Waals surface area contributed by atoms with E-state index in [0.717, 1.165) is 10.9 Å². The van der Waals surface area contributed by atoms with Gasteiger partial charge in [-0.3, -0.25) is 9.78 Å². The van der Waals surface area contributed by atoms with Crippen LogP contribution in [-0.4, -0.2) is 42.1 Å². The number of ether oxygens (including phenoxy) is 2. The van der Waals surface area contributed by atoms with Gasteiger partial charge in [0.1, 0.15) is 22.6 Å². The monoisotopic (exact) mass is 410 g/mol. The van der Waals surface area contributed by atoms with E-state index in [1.54, 1.807) is 36.5 Å². The lowest BCUT2D eigenvalue weighted by atomic mass is 10.2. The summed E-state index contributed by atoms with van der Waals surface area (Å²) >= 11 is 9.49. The normalized spacial score (nSPS) is 17.0. The molecule has 0 spiro atoms. The predicted molar refractivity (Wildman–Crippen MR) is 94.9 cm³/mol. The second-order valence-corrected chi connectivity index (χ2v) is 6.69. The molecule has 1 aliphatic heterocycles. The van der Waals surface area contributed by atoms with Crippen molar-refractivity contribution < 1.29 is 14.3 Å². The molecule has 126 valence electrons. The average Bonchev–Trinajstić information content (AvgIpc) is 3.05. The first-order valence-corrected chi connectivity index (χ1v) is 8.64. The Morgan fingerprint density at radius 1 is 1.42 bits per heavy atom. The Morgan fingerprint density at radius 3 is 3.00 bits per heavy atom. The van der Waals surface area contributed by atoms with Crippen LogP contribution in [-0.2, 0) is 0 Å². The van der Waals surface area contributed by atoms with E-state index in [4.69, 9.17) is 21.1 Å². The maximum Gasteiger partial charge on any atom is 0.255 e. The van der Waals surface area contributed by atoms with E-state index in [9.17, 15) is 4.79 Å². The van der Waals surface area contributed by atoms with E-state index in [-0.39, 0.29) is 12.0 Å². The van der Waals surface area contributed by atoms with Gasteiger partial charge in [-0.1, -0.05) is 11.6 Å². The van der Waals surface area contributed by atoms with Gasteiger partial charge in [-0.2, -0.15) is 0 Å². The third kappa shape index (κ3) is 3.65. The minimum atomic E-state index is -0.0850. The fraction of sp³-hybridized carbons (Fsp3) is 0.294. The zero-order valence-corrected chi connectivity index (χ0v) is 15.4. The number of hydrogen-bond donors (Lipinski definition) is 0. The Hall–Kier alpha value is -1.79. The molecule has 1 aromatic carbocycles. The molecule has 2 aromatic rings. The second-order valence-electron chi connectivity index (χ2n) is 5.43. The highest BCUT2D eigenvalue weighted by atomic mass is 79.9. The lowest BCUT2D eigenvalue weighted by molar-refractivity contribution is 0.0771. The summed E-state index contributed by atoms with van der Waals surface area (Å²) in [5.41, 5.74) is 0.581. The van der Waals surface area contributed by atoms with E-state index >= 15 is 0 Å². The van der Waals surface area contributed by atoms with Crippen molar-refractivity contribution in [1.29, 1.82) is 0 Å². The van der Waals surface area contributed by atoms with Gasteiger partial charge in [0.15, 0.2) is 0 Å². The average molecular weight is 412 g/mol. The third-order valence-corrected chi connectivity index (χ3v) is 4.84. The lowest BCUT2D eigenvalue weighted by Crippen LogP contribution is -2.31. The number of carbonyl (C=O) groups excluding carboxylic acids is 1. The van der Waals surface area contributed by atoms with E-state index in [1.807, 2.05) is 12.1 Å². The fourth-order valence-electron chi connectivity index (χ4n) is 2.61. The Kier molecular flexibility index (Phi) is 5.26. The van der Waals surface area contributed by atoms with Crippen LogP contribution in [0.5, 0.6) is 11.5 Å². The van der Waals surface area contributed by atoms with Crippen molar-refractivity contribution in [2.24, 2.45) is 0 Å². The largest absolute Gasteiger partial charge is 0.497 e. The Morgan fingerprint density at radius 2 is 2.25 bits per heavy atom. The molecule has 1 fully saturated rings. The van der Waals surface area contributed by atoms with E-state index in [2.05, 4.69) is 20.9 Å². The fourth-order valence-corrected chi connectivity index (χ4v) is 3.19. The number of likely N-dealkylation sites (tertiary alicyclic amines) is 1. The van der Waals surface area contributed by atoms with E-state index < -0.39 is 0 Å². The van der Waals surface area contributed by atoms with Gasteiger partial charge in [-0.05, 0) is 34.1 Å². The van der Waals surface area contributed by atoms with Gasteiger partial charge < -0.3 is 14.4 Å². The number of hydrogen-bond acceptors (Lipinski definition) is 4. The van der Waals surface area contributed by atoms with Crippen LogP contribution in [0.25, 0.3) is 0 Å². The number of pyridine rings is 1. The van der Waals surface area contributed by atoms with Crippen molar-refractivity contribution in [3.63, 3.8) is 0 Å². The molecule has 0 saturated carbocycles. The quantitative estimate of drug-likeness (QED) is 0.768. The van der Waals surface area contributed by atoms with Gasteiger partial charge >= 0.3 is 0 Å². The molecule has 2 heterocycles. The molecular formula is C17H16BrClN2O3. The van der Waals surface area contributed by atoms with Crippen molar-refractivity contribution in [3.8, 4) is 11.5 Å². The first-order chi connectivity index (χ1) is 11.6. The molecule has 5 nitrogen and oxygen atoms in total. The highest BCUT2D eigenvalue weighted by Crippen LogP contribution is 2.28. The van der Waals surface area contributed by atoms with Crippen LogP contribution in [0.2, 0.25) is 5.02 Å². The van der Waals surface area contributed by atoms with E-state index in [1.165, 1.54) is 0 Å². The Labute approximate surface area is 153 Å². The number of benzene rings is 1. The molecule has 24 heavy (non-hydrogen) atoms. The Bertz CT molecular complexity index is 756. The van der Waals surface area contributed by atoms with Crippen molar-refractivity contribution in [1.82, 2.24) is 9.88 Å². The van der Waals surface area contributed by atoms with Gasteiger partial charge in [0.25, 0.3) is 5.91 Å². The number of methoxy groups -OCH3 is 1. The predicted octanol–water partition coefficient (Wildman–Crippen LogP) is 3.80. The second kappa shape index (κ2) is 7.40. The van der Waals surface area contributed by atoms with Gasteiger partial charge in [0, 0.05) is 35.9 Å². The summed E-state index contributed by atoms with van der Waals surface area (Å²) in [6.07, 6.45) is 3.85. The van der Waals surface area contributed by atoms with E-state index in [0.29, 0.717) is 35.2 Å². The molecule has 0 aliphatic carbocycles. The number of nitrogens with zero attached hydrogens (tertiary/aromatic N) is 2. The van der Waals surface area contributed by atoms with Crippen LogP contribution in [0.3, 0.4) is 0 Å². The molecular weight excluding hydrogens is 396 g/mol. The molecule has 1 aliphatic rings. The summed E-state index contributed by atoms with van der Waals surface area (Å²) in [6, 6.07) is 7.08. The van der Waals surface area contributed by atoms with Crippen LogP contribution in [0.4, 0.5) is 0 Å². The molecule has 0 bridgehead atoms. The van der Waals surface area contributed by atoms with Crippen molar-refractivity contribution in [2.45, 2.75) is 12.5 Å². The molecule has 3 rings (SSSR count). The van der Waals surface area contributed by atoms with Gasteiger partial charge in [-0.25, -0.2) is 0 Å². The van der Waals surface area contributed by atoms with Crippen LogP contribution >= 0.6 is 27.5 Å². The number of rotatable bonds is 4. The summed E-state index contributed by atoms with van der Waals surface area (Å²) < 4.78 is 11.8. The molecule has 1 atom stereocenters. The van der Waals surface area contributed by atoms with Crippen molar-refractivity contribution >= 4 is 33.4 Å². The number of carbonyl (C=O) groups is 1. The van der Waals surface area contributed by atoms with Gasteiger partial charge in [-0.15, -0.1) is 0 Å². The first-order valence-electron chi connectivity index (χ1n) is 7.47. The van der Waals surface area contributed by atoms with Crippen LogP contribution in [0, 0.1) is 0 Å². The zero-order valence-electron chi connectivity index (χ0n) is 13.0. The SMILES string of the molecule is COc1ccc(Br)c(C(=O)N2CC[C@H](Oc3ccncc3Cl)C2)c1. The summed E-state index contributed by atoms with van der Waals surface area (Å²) in [6.45, 7) is 1.15. The van der Waals surface area contributed by atoms with Crippen LogP contribution in [0.1, 0.15) is 16.8 Å². The molecule has 0 radical (unpaired) electrons. The minimum absolute atomic E-state index is 0.0484. The highest BCUT2D eigenvalue weighted by Gasteiger charge is 2.29. The Balaban J connectivity index is 1.69. The number of halogens is 2. The summed E-state index contributed by atoms with van der Waals surface area (Å²) in [5.74, 6) is 1.19. The minimum Gasteiger partial charge on any atom is -0.497 e. The topological polar surface area (TPSA) is 51.7 Å².